The van der Waals surface area contributed by atoms with Crippen molar-refractivity contribution < 1.29 is 0 Å². The molecule has 1 aliphatic rings. The van der Waals surface area contributed by atoms with Crippen molar-refractivity contribution >= 4 is 0 Å². The molecule has 0 amide bonds. The Morgan fingerprint density at radius 1 is 1.43 bits per heavy atom. The highest BCUT2D eigenvalue weighted by Gasteiger charge is 2.19. The summed E-state index contributed by atoms with van der Waals surface area (Å²) in [5.41, 5.74) is 1.86. The van der Waals surface area contributed by atoms with E-state index in [1.54, 1.807) is 11.6 Å². The fourth-order valence-electron chi connectivity index (χ4n) is 1.86. The highest BCUT2D eigenvalue weighted by atomic mass is 16.1. The Bertz CT molecular complexity index is 420. The van der Waals surface area contributed by atoms with Crippen LogP contribution in [0.25, 0.3) is 0 Å². The van der Waals surface area contributed by atoms with Crippen molar-refractivity contribution in [3.63, 3.8) is 0 Å². The van der Waals surface area contributed by atoms with Crippen LogP contribution >= 0.6 is 0 Å². The van der Waals surface area contributed by atoms with E-state index < -0.39 is 0 Å². The summed E-state index contributed by atoms with van der Waals surface area (Å²) in [7, 11) is 1.79. The molecule has 76 valence electrons. The smallest absolute Gasteiger partial charge is 0.258 e. The van der Waals surface area contributed by atoms with Crippen molar-refractivity contribution in [2.45, 2.75) is 32.9 Å². The Labute approximate surface area is 83.0 Å². The number of hydrogen-bond donors (Lipinski definition) is 1. The standard InChI is InChI=1S/C10H15N3O/c1-6(2)9-12-8-5-11-4-7(8)10(14)13(9)3/h6,11H,4-5H2,1-3H3. The van der Waals surface area contributed by atoms with Crippen LogP contribution in [0.5, 0.6) is 0 Å². The topological polar surface area (TPSA) is 46.9 Å². The third-order valence-electron chi connectivity index (χ3n) is 2.61. The van der Waals surface area contributed by atoms with Crippen LogP contribution in [0.2, 0.25) is 0 Å². The highest BCUT2D eigenvalue weighted by molar-refractivity contribution is 5.23. The Morgan fingerprint density at radius 3 is 2.79 bits per heavy atom. The van der Waals surface area contributed by atoms with Gasteiger partial charge in [-0.1, -0.05) is 13.8 Å². The number of nitrogens with zero attached hydrogens (tertiary/aromatic N) is 2. The average molecular weight is 193 g/mol. The molecule has 0 bridgehead atoms. The first-order chi connectivity index (χ1) is 6.61. The molecule has 1 aromatic rings. The van der Waals surface area contributed by atoms with Gasteiger partial charge in [-0.3, -0.25) is 9.36 Å². The van der Waals surface area contributed by atoms with Crippen LogP contribution < -0.4 is 10.9 Å². The van der Waals surface area contributed by atoms with Gasteiger partial charge in [-0.15, -0.1) is 0 Å². The maximum atomic E-state index is 11.9. The van der Waals surface area contributed by atoms with E-state index in [1.165, 1.54) is 0 Å². The van der Waals surface area contributed by atoms with E-state index in [0.29, 0.717) is 12.5 Å². The zero-order valence-corrected chi connectivity index (χ0v) is 8.79. The Kier molecular flexibility index (Phi) is 2.15. The van der Waals surface area contributed by atoms with Gasteiger partial charge in [-0.2, -0.15) is 0 Å². The van der Waals surface area contributed by atoms with E-state index >= 15 is 0 Å². The molecular weight excluding hydrogens is 178 g/mol. The lowest BCUT2D eigenvalue weighted by Crippen LogP contribution is -2.26. The van der Waals surface area contributed by atoms with Gasteiger partial charge >= 0.3 is 0 Å². The van der Waals surface area contributed by atoms with E-state index in [2.05, 4.69) is 24.1 Å². The molecule has 1 N–H and O–H groups in total. The van der Waals surface area contributed by atoms with Crippen LogP contribution in [-0.2, 0) is 20.1 Å². The van der Waals surface area contributed by atoms with Crippen molar-refractivity contribution in [2.24, 2.45) is 7.05 Å². The predicted octanol–water partition coefficient (Wildman–Crippen LogP) is 0.507. The molecule has 0 radical (unpaired) electrons. The van der Waals surface area contributed by atoms with E-state index in [1.807, 2.05) is 0 Å². The number of aromatic nitrogens is 2. The Hall–Kier alpha value is -1.16. The molecule has 0 saturated heterocycles. The van der Waals surface area contributed by atoms with E-state index in [9.17, 15) is 4.79 Å². The summed E-state index contributed by atoms with van der Waals surface area (Å²) in [5, 5.41) is 3.15. The summed E-state index contributed by atoms with van der Waals surface area (Å²) in [4.78, 5) is 16.4. The SMILES string of the molecule is CC(C)c1nc2c(c(=O)n1C)CNC2. The first-order valence-corrected chi connectivity index (χ1v) is 4.90. The molecule has 2 heterocycles. The molecule has 14 heavy (non-hydrogen) atoms. The summed E-state index contributed by atoms with van der Waals surface area (Å²) >= 11 is 0. The second-order valence-corrected chi connectivity index (χ2v) is 4.02. The first kappa shape index (κ1) is 9.40. The van der Waals surface area contributed by atoms with Gasteiger partial charge in [-0.05, 0) is 0 Å². The lowest BCUT2D eigenvalue weighted by molar-refractivity contribution is 0.653. The second-order valence-electron chi connectivity index (χ2n) is 4.02. The van der Waals surface area contributed by atoms with Gasteiger partial charge in [0.25, 0.3) is 5.56 Å². The Balaban J connectivity index is 2.67. The monoisotopic (exact) mass is 193 g/mol. The van der Waals surface area contributed by atoms with Crippen LogP contribution in [0.1, 0.15) is 36.8 Å². The third-order valence-corrected chi connectivity index (χ3v) is 2.61. The van der Waals surface area contributed by atoms with Crippen molar-refractivity contribution in [2.75, 3.05) is 0 Å². The maximum Gasteiger partial charge on any atom is 0.258 e. The molecule has 0 spiro atoms. The molecule has 0 atom stereocenters. The van der Waals surface area contributed by atoms with E-state index in [4.69, 9.17) is 0 Å². The van der Waals surface area contributed by atoms with Gasteiger partial charge in [0.1, 0.15) is 5.82 Å². The highest BCUT2D eigenvalue weighted by Crippen LogP contribution is 2.14. The van der Waals surface area contributed by atoms with Gasteiger partial charge in [0, 0.05) is 26.1 Å². The number of rotatable bonds is 1. The zero-order valence-electron chi connectivity index (χ0n) is 8.79. The van der Waals surface area contributed by atoms with E-state index in [0.717, 1.165) is 23.6 Å². The fourth-order valence-corrected chi connectivity index (χ4v) is 1.86. The molecule has 0 saturated carbocycles. The summed E-state index contributed by atoms with van der Waals surface area (Å²) in [6.07, 6.45) is 0. The molecule has 4 nitrogen and oxygen atoms in total. The van der Waals surface area contributed by atoms with Crippen LogP contribution in [-0.4, -0.2) is 9.55 Å². The minimum atomic E-state index is 0.101. The van der Waals surface area contributed by atoms with Crippen molar-refractivity contribution in [1.29, 1.82) is 0 Å². The summed E-state index contributed by atoms with van der Waals surface area (Å²) in [5.74, 6) is 1.16. The van der Waals surface area contributed by atoms with Crippen molar-refractivity contribution in [3.05, 3.63) is 27.4 Å². The van der Waals surface area contributed by atoms with Gasteiger partial charge in [-0.25, -0.2) is 4.98 Å². The molecule has 0 fully saturated rings. The lowest BCUT2D eigenvalue weighted by Gasteiger charge is -2.11. The van der Waals surface area contributed by atoms with Crippen LogP contribution in [0.4, 0.5) is 0 Å². The number of fused-ring (bicyclic) bond motifs is 1. The molecule has 0 aromatic carbocycles. The molecular formula is C10H15N3O. The quantitative estimate of drug-likeness (QED) is 0.706. The lowest BCUT2D eigenvalue weighted by atomic mass is 10.2. The molecule has 1 aliphatic heterocycles. The van der Waals surface area contributed by atoms with Gasteiger partial charge in [0.05, 0.1) is 11.3 Å². The minimum Gasteiger partial charge on any atom is -0.307 e. The predicted molar refractivity (Wildman–Crippen MR) is 54.1 cm³/mol. The Morgan fingerprint density at radius 2 is 2.14 bits per heavy atom. The van der Waals surface area contributed by atoms with Crippen LogP contribution in [0.3, 0.4) is 0 Å². The summed E-state index contributed by atoms with van der Waals surface area (Å²) in [6, 6.07) is 0. The van der Waals surface area contributed by atoms with Crippen molar-refractivity contribution in [3.8, 4) is 0 Å². The second kappa shape index (κ2) is 3.20. The van der Waals surface area contributed by atoms with Gasteiger partial charge in [0.2, 0.25) is 0 Å². The zero-order chi connectivity index (χ0) is 10.3. The van der Waals surface area contributed by atoms with Gasteiger partial charge < -0.3 is 5.32 Å². The fraction of sp³-hybridized carbons (Fsp3) is 0.600. The molecule has 2 rings (SSSR count). The first-order valence-electron chi connectivity index (χ1n) is 4.90. The summed E-state index contributed by atoms with van der Waals surface area (Å²) < 4.78 is 1.66. The minimum absolute atomic E-state index is 0.101. The largest absolute Gasteiger partial charge is 0.307 e. The molecule has 1 aromatic heterocycles. The third kappa shape index (κ3) is 1.26. The van der Waals surface area contributed by atoms with E-state index in [-0.39, 0.29) is 5.56 Å². The molecule has 0 unspecified atom stereocenters. The molecule has 0 aliphatic carbocycles. The maximum absolute atomic E-state index is 11.9. The van der Waals surface area contributed by atoms with Crippen molar-refractivity contribution in [1.82, 2.24) is 14.9 Å². The van der Waals surface area contributed by atoms with Crippen LogP contribution in [0, 0.1) is 0 Å². The average Bonchev–Trinajstić information content (AvgIpc) is 2.58. The van der Waals surface area contributed by atoms with Crippen LogP contribution in [0.15, 0.2) is 4.79 Å². The summed E-state index contributed by atoms with van der Waals surface area (Å²) in [6.45, 7) is 5.49. The molecule has 4 heteroatoms. The normalized spacial score (nSPS) is 14.9. The van der Waals surface area contributed by atoms with Gasteiger partial charge in [0.15, 0.2) is 0 Å². The number of nitrogens with one attached hydrogen (secondary N) is 1. The number of hydrogen-bond acceptors (Lipinski definition) is 3.